The second-order valence-corrected chi connectivity index (χ2v) is 8.16. The van der Waals surface area contributed by atoms with E-state index in [0.717, 1.165) is 31.5 Å². The van der Waals surface area contributed by atoms with E-state index in [-0.39, 0.29) is 29.4 Å². The molecule has 1 atom stereocenters. The van der Waals surface area contributed by atoms with E-state index in [9.17, 15) is 0 Å². The van der Waals surface area contributed by atoms with Crippen LogP contribution < -0.4 is 10.6 Å². The van der Waals surface area contributed by atoms with E-state index < -0.39 is 0 Å². The molecule has 1 aliphatic heterocycles. The van der Waals surface area contributed by atoms with Crippen molar-refractivity contribution in [3.8, 4) is 0 Å². The summed E-state index contributed by atoms with van der Waals surface area (Å²) in [4.78, 5) is 8.66. The SMILES string of the molecule is CCNC(=NCC(C)(C)c1cccs1)NCC1CCCN(C)C1.I. The molecule has 0 bridgehead atoms. The van der Waals surface area contributed by atoms with Gasteiger partial charge in [-0.25, -0.2) is 0 Å². The average Bonchev–Trinajstić information content (AvgIpc) is 3.05. The number of thiophene rings is 1. The summed E-state index contributed by atoms with van der Waals surface area (Å²) >= 11 is 1.82. The molecular formula is C18H33IN4S. The summed E-state index contributed by atoms with van der Waals surface area (Å²) in [6.45, 7) is 11.8. The molecule has 0 aromatic carbocycles. The fourth-order valence-corrected chi connectivity index (χ4v) is 3.89. The maximum Gasteiger partial charge on any atom is 0.191 e. The zero-order chi connectivity index (χ0) is 16.7. The predicted molar refractivity (Wildman–Crippen MR) is 117 cm³/mol. The van der Waals surface area contributed by atoms with E-state index in [1.165, 1.54) is 30.8 Å². The van der Waals surface area contributed by atoms with Crippen molar-refractivity contribution < 1.29 is 0 Å². The van der Waals surface area contributed by atoms with Crippen LogP contribution in [0.1, 0.15) is 38.5 Å². The Bertz CT molecular complexity index is 487. The van der Waals surface area contributed by atoms with Crippen molar-refractivity contribution in [2.75, 3.05) is 39.8 Å². The van der Waals surface area contributed by atoms with Crippen LogP contribution in [0.4, 0.5) is 0 Å². The Hall–Kier alpha value is -0.340. The number of hydrogen-bond donors (Lipinski definition) is 2. The molecule has 0 radical (unpaired) electrons. The molecule has 2 heterocycles. The third-order valence-electron chi connectivity index (χ3n) is 4.45. The van der Waals surface area contributed by atoms with Crippen molar-refractivity contribution >= 4 is 41.3 Å². The number of aliphatic imine (C=N–C) groups is 1. The first kappa shape index (κ1) is 21.7. The zero-order valence-electron chi connectivity index (χ0n) is 15.5. The van der Waals surface area contributed by atoms with Crippen LogP contribution >= 0.6 is 35.3 Å². The van der Waals surface area contributed by atoms with Gasteiger partial charge in [0, 0.05) is 29.9 Å². The van der Waals surface area contributed by atoms with Crippen molar-refractivity contribution in [2.45, 2.75) is 39.0 Å². The molecule has 1 saturated heterocycles. The van der Waals surface area contributed by atoms with Gasteiger partial charge in [0.25, 0.3) is 0 Å². The minimum absolute atomic E-state index is 0. The molecule has 24 heavy (non-hydrogen) atoms. The quantitative estimate of drug-likeness (QED) is 0.385. The van der Waals surface area contributed by atoms with Gasteiger partial charge in [-0.1, -0.05) is 19.9 Å². The van der Waals surface area contributed by atoms with Crippen molar-refractivity contribution in [3.63, 3.8) is 0 Å². The van der Waals surface area contributed by atoms with Gasteiger partial charge in [0.15, 0.2) is 5.96 Å². The molecule has 1 aromatic heterocycles. The summed E-state index contributed by atoms with van der Waals surface area (Å²) in [7, 11) is 2.22. The molecule has 0 amide bonds. The summed E-state index contributed by atoms with van der Waals surface area (Å²) in [5, 5.41) is 9.07. The lowest BCUT2D eigenvalue weighted by Gasteiger charge is -2.30. The van der Waals surface area contributed by atoms with Gasteiger partial charge in [0.05, 0.1) is 6.54 Å². The van der Waals surface area contributed by atoms with Crippen LogP contribution in [-0.2, 0) is 5.41 Å². The van der Waals surface area contributed by atoms with E-state index in [0.29, 0.717) is 0 Å². The van der Waals surface area contributed by atoms with E-state index in [1.807, 2.05) is 11.3 Å². The number of rotatable bonds is 6. The van der Waals surface area contributed by atoms with Crippen LogP contribution in [0, 0.1) is 5.92 Å². The molecule has 0 saturated carbocycles. The first-order valence-corrected chi connectivity index (χ1v) is 9.64. The molecule has 1 fully saturated rings. The fraction of sp³-hybridized carbons (Fsp3) is 0.722. The number of likely N-dealkylation sites (tertiary alicyclic amines) is 1. The maximum absolute atomic E-state index is 4.83. The lowest BCUT2D eigenvalue weighted by atomic mass is 9.92. The van der Waals surface area contributed by atoms with Crippen LogP contribution in [0.25, 0.3) is 0 Å². The Morgan fingerprint density at radius 1 is 1.42 bits per heavy atom. The second kappa shape index (κ2) is 10.6. The fourth-order valence-electron chi connectivity index (χ4n) is 3.04. The van der Waals surface area contributed by atoms with Gasteiger partial charge >= 0.3 is 0 Å². The second-order valence-electron chi connectivity index (χ2n) is 7.21. The van der Waals surface area contributed by atoms with Gasteiger partial charge in [-0.3, -0.25) is 4.99 Å². The third kappa shape index (κ3) is 6.88. The largest absolute Gasteiger partial charge is 0.357 e. The van der Waals surface area contributed by atoms with Gasteiger partial charge < -0.3 is 15.5 Å². The Kier molecular flexibility index (Phi) is 9.59. The number of hydrogen-bond acceptors (Lipinski definition) is 3. The minimum atomic E-state index is 0. The van der Waals surface area contributed by atoms with Crippen LogP contribution in [-0.4, -0.2) is 50.6 Å². The molecule has 0 aliphatic carbocycles. The third-order valence-corrected chi connectivity index (χ3v) is 5.68. The Morgan fingerprint density at radius 3 is 2.83 bits per heavy atom. The van der Waals surface area contributed by atoms with Crippen LogP contribution in [0.15, 0.2) is 22.5 Å². The Labute approximate surface area is 168 Å². The van der Waals surface area contributed by atoms with Crippen molar-refractivity contribution in [1.82, 2.24) is 15.5 Å². The topological polar surface area (TPSA) is 39.7 Å². The van der Waals surface area contributed by atoms with Gasteiger partial charge in [0.1, 0.15) is 0 Å². The zero-order valence-corrected chi connectivity index (χ0v) is 18.6. The van der Waals surface area contributed by atoms with Crippen molar-refractivity contribution in [2.24, 2.45) is 10.9 Å². The number of guanidine groups is 1. The number of nitrogens with one attached hydrogen (secondary N) is 2. The predicted octanol–water partition coefficient (Wildman–Crippen LogP) is 3.54. The van der Waals surface area contributed by atoms with Crippen LogP contribution in [0.5, 0.6) is 0 Å². The van der Waals surface area contributed by atoms with Gasteiger partial charge in [-0.15, -0.1) is 35.3 Å². The van der Waals surface area contributed by atoms with Gasteiger partial charge in [-0.2, -0.15) is 0 Å². The number of nitrogens with zero attached hydrogens (tertiary/aromatic N) is 2. The molecule has 1 aliphatic rings. The highest BCUT2D eigenvalue weighted by atomic mass is 127. The molecule has 138 valence electrons. The first-order chi connectivity index (χ1) is 11.0. The summed E-state index contributed by atoms with van der Waals surface area (Å²) < 4.78 is 0. The molecule has 4 nitrogen and oxygen atoms in total. The number of halogens is 1. The smallest absolute Gasteiger partial charge is 0.191 e. The van der Waals surface area contributed by atoms with E-state index in [2.05, 4.69) is 60.9 Å². The standard InChI is InChI=1S/C18H32N4S.HI/c1-5-19-17(20-12-15-8-6-10-22(4)13-15)21-14-18(2,3)16-9-7-11-23-16;/h7,9,11,15H,5-6,8,10,12-14H2,1-4H3,(H2,19,20,21);1H. The molecular weight excluding hydrogens is 431 g/mol. The van der Waals surface area contributed by atoms with Crippen molar-refractivity contribution in [1.29, 1.82) is 0 Å². The molecule has 2 rings (SSSR count). The molecule has 1 unspecified atom stereocenters. The molecule has 1 aromatic rings. The van der Waals surface area contributed by atoms with E-state index in [4.69, 9.17) is 4.99 Å². The van der Waals surface area contributed by atoms with E-state index >= 15 is 0 Å². The lowest BCUT2D eigenvalue weighted by Crippen LogP contribution is -2.44. The van der Waals surface area contributed by atoms with Crippen LogP contribution in [0.2, 0.25) is 0 Å². The summed E-state index contributed by atoms with van der Waals surface area (Å²) in [6.07, 6.45) is 2.62. The van der Waals surface area contributed by atoms with Gasteiger partial charge in [0.2, 0.25) is 0 Å². The van der Waals surface area contributed by atoms with E-state index in [1.54, 1.807) is 0 Å². The minimum Gasteiger partial charge on any atom is -0.357 e. The highest BCUT2D eigenvalue weighted by Crippen LogP contribution is 2.27. The maximum atomic E-state index is 4.83. The Morgan fingerprint density at radius 2 is 2.21 bits per heavy atom. The monoisotopic (exact) mass is 464 g/mol. The summed E-state index contributed by atoms with van der Waals surface area (Å²) in [5.41, 5.74) is 0.0849. The summed E-state index contributed by atoms with van der Waals surface area (Å²) in [6, 6.07) is 4.33. The van der Waals surface area contributed by atoms with Crippen LogP contribution in [0.3, 0.4) is 0 Å². The first-order valence-electron chi connectivity index (χ1n) is 8.76. The van der Waals surface area contributed by atoms with Gasteiger partial charge in [-0.05, 0) is 50.7 Å². The lowest BCUT2D eigenvalue weighted by molar-refractivity contribution is 0.210. The Balaban J connectivity index is 0.00000288. The number of piperidine rings is 1. The molecule has 6 heteroatoms. The van der Waals surface area contributed by atoms with Crippen molar-refractivity contribution in [3.05, 3.63) is 22.4 Å². The highest BCUT2D eigenvalue weighted by Gasteiger charge is 2.22. The average molecular weight is 464 g/mol. The molecule has 0 spiro atoms. The normalized spacial score (nSPS) is 19.7. The summed E-state index contributed by atoms with van der Waals surface area (Å²) in [5.74, 6) is 1.67. The molecule has 2 N–H and O–H groups in total. The highest BCUT2D eigenvalue weighted by molar-refractivity contribution is 14.0.